The number of aliphatic imine (C=N–C) groups is 1. The molecule has 0 saturated carbocycles. The van der Waals surface area contributed by atoms with Gasteiger partial charge in [0.15, 0.2) is 5.96 Å². The van der Waals surface area contributed by atoms with Crippen molar-refractivity contribution in [3.63, 3.8) is 0 Å². The van der Waals surface area contributed by atoms with E-state index in [4.69, 9.17) is 0 Å². The number of guanidine groups is 1. The number of rotatable bonds is 3. The fourth-order valence-electron chi connectivity index (χ4n) is 1.38. The number of amides is 1. The summed E-state index contributed by atoms with van der Waals surface area (Å²) < 4.78 is 0. The molecule has 1 aromatic rings. The van der Waals surface area contributed by atoms with Crippen molar-refractivity contribution >= 4 is 35.8 Å². The lowest BCUT2D eigenvalue weighted by molar-refractivity contribution is 0.0963. The van der Waals surface area contributed by atoms with Crippen LogP contribution in [-0.2, 0) is 6.54 Å². The summed E-state index contributed by atoms with van der Waals surface area (Å²) in [5.74, 6) is 0.663. The van der Waals surface area contributed by atoms with Gasteiger partial charge in [0.25, 0.3) is 5.91 Å². The molecule has 0 aliphatic rings. The van der Waals surface area contributed by atoms with E-state index in [1.165, 1.54) is 0 Å². The molecule has 0 fully saturated rings. The molecule has 1 aromatic carbocycles. The van der Waals surface area contributed by atoms with Gasteiger partial charge in [0.2, 0.25) is 0 Å². The van der Waals surface area contributed by atoms with Gasteiger partial charge >= 0.3 is 0 Å². The summed E-state index contributed by atoms with van der Waals surface area (Å²) in [7, 11) is 5.15. The molecular formula is C12H19IN4O. The highest BCUT2D eigenvalue weighted by Gasteiger charge is 2.02. The normalized spacial score (nSPS) is 10.3. The van der Waals surface area contributed by atoms with E-state index in [-0.39, 0.29) is 29.9 Å². The molecule has 18 heavy (non-hydrogen) atoms. The first-order chi connectivity index (χ1) is 8.21. The van der Waals surface area contributed by atoms with Crippen LogP contribution in [0.5, 0.6) is 0 Å². The first kappa shape index (κ1) is 16.7. The second-order valence-electron chi connectivity index (χ2n) is 3.45. The van der Waals surface area contributed by atoms with Crippen LogP contribution < -0.4 is 16.0 Å². The first-order valence-electron chi connectivity index (χ1n) is 5.40. The summed E-state index contributed by atoms with van der Waals surface area (Å²) in [5, 5.41) is 8.66. The van der Waals surface area contributed by atoms with E-state index in [2.05, 4.69) is 20.9 Å². The molecule has 1 amide bonds. The summed E-state index contributed by atoms with van der Waals surface area (Å²) in [4.78, 5) is 15.3. The van der Waals surface area contributed by atoms with Crippen molar-refractivity contribution in [1.29, 1.82) is 0 Å². The molecular weight excluding hydrogens is 343 g/mol. The van der Waals surface area contributed by atoms with Crippen LogP contribution in [0, 0.1) is 0 Å². The number of carbonyl (C=O) groups is 1. The van der Waals surface area contributed by atoms with Crippen LogP contribution in [0.4, 0.5) is 0 Å². The van der Waals surface area contributed by atoms with E-state index in [0.717, 1.165) is 11.5 Å². The predicted molar refractivity (Wildman–Crippen MR) is 84.5 cm³/mol. The molecule has 1 rings (SSSR count). The van der Waals surface area contributed by atoms with E-state index in [9.17, 15) is 4.79 Å². The molecule has 6 heteroatoms. The number of hydrogen-bond acceptors (Lipinski definition) is 2. The molecule has 0 saturated heterocycles. The van der Waals surface area contributed by atoms with Crippen molar-refractivity contribution < 1.29 is 4.79 Å². The van der Waals surface area contributed by atoms with Crippen molar-refractivity contribution in [3.05, 3.63) is 35.4 Å². The Labute approximate surface area is 124 Å². The van der Waals surface area contributed by atoms with E-state index < -0.39 is 0 Å². The van der Waals surface area contributed by atoms with Gasteiger partial charge in [0.1, 0.15) is 0 Å². The van der Waals surface area contributed by atoms with Gasteiger partial charge in [0, 0.05) is 33.3 Å². The smallest absolute Gasteiger partial charge is 0.251 e. The molecule has 0 aliphatic heterocycles. The second kappa shape index (κ2) is 8.73. The monoisotopic (exact) mass is 362 g/mol. The summed E-state index contributed by atoms with van der Waals surface area (Å²) in [6.07, 6.45) is 0. The Morgan fingerprint density at radius 1 is 1.17 bits per heavy atom. The van der Waals surface area contributed by atoms with Crippen LogP contribution >= 0.6 is 24.0 Å². The number of nitrogens with one attached hydrogen (secondary N) is 3. The van der Waals surface area contributed by atoms with E-state index in [0.29, 0.717) is 12.1 Å². The summed E-state index contributed by atoms with van der Waals surface area (Å²) in [6.45, 7) is 0.668. The minimum atomic E-state index is -0.0736. The van der Waals surface area contributed by atoms with E-state index in [1.807, 2.05) is 19.2 Å². The minimum Gasteiger partial charge on any atom is -0.359 e. The summed E-state index contributed by atoms with van der Waals surface area (Å²) >= 11 is 0. The van der Waals surface area contributed by atoms with Gasteiger partial charge in [-0.2, -0.15) is 0 Å². The molecule has 0 heterocycles. The molecule has 0 unspecified atom stereocenters. The zero-order valence-corrected chi connectivity index (χ0v) is 13.1. The maximum Gasteiger partial charge on any atom is 0.251 e. The van der Waals surface area contributed by atoms with Crippen LogP contribution in [-0.4, -0.2) is 33.0 Å². The lowest BCUT2D eigenvalue weighted by Gasteiger charge is -2.08. The topological polar surface area (TPSA) is 65.5 Å². The lowest BCUT2D eigenvalue weighted by Crippen LogP contribution is -2.34. The van der Waals surface area contributed by atoms with Crippen LogP contribution in [0.25, 0.3) is 0 Å². The highest BCUT2D eigenvalue weighted by atomic mass is 127. The minimum absolute atomic E-state index is 0. The molecule has 5 nitrogen and oxygen atoms in total. The standard InChI is InChI=1S/C12H18N4O.HI/c1-13-11(17)10-6-4-9(5-7-10)8-16-12(14-2)15-3;/h4-7H,8H2,1-3H3,(H,13,17)(H2,14,15,16);1H. The fourth-order valence-corrected chi connectivity index (χ4v) is 1.38. The van der Waals surface area contributed by atoms with Crippen LogP contribution in [0.3, 0.4) is 0 Å². The van der Waals surface area contributed by atoms with Crippen molar-refractivity contribution in [1.82, 2.24) is 16.0 Å². The Balaban J connectivity index is 0.00000289. The Kier molecular flexibility index (Phi) is 8.10. The second-order valence-corrected chi connectivity index (χ2v) is 3.45. The number of carbonyl (C=O) groups excluding carboxylic acids is 1. The predicted octanol–water partition coefficient (Wildman–Crippen LogP) is 0.959. The Bertz CT molecular complexity index is 403. The molecule has 0 bridgehead atoms. The fraction of sp³-hybridized carbons (Fsp3) is 0.333. The third-order valence-corrected chi connectivity index (χ3v) is 2.36. The van der Waals surface area contributed by atoms with Gasteiger partial charge in [-0.25, -0.2) is 0 Å². The molecule has 0 atom stereocenters. The third-order valence-electron chi connectivity index (χ3n) is 2.36. The highest BCUT2D eigenvalue weighted by molar-refractivity contribution is 14.0. The Hall–Kier alpha value is -1.31. The largest absolute Gasteiger partial charge is 0.359 e. The van der Waals surface area contributed by atoms with Gasteiger partial charge in [0.05, 0.1) is 0 Å². The maximum absolute atomic E-state index is 11.3. The number of benzene rings is 1. The SMILES string of the molecule is CN=C(NC)NCc1ccc(C(=O)NC)cc1.I. The molecule has 0 radical (unpaired) electrons. The maximum atomic E-state index is 11.3. The zero-order valence-electron chi connectivity index (χ0n) is 10.8. The van der Waals surface area contributed by atoms with Gasteiger partial charge in [-0.05, 0) is 17.7 Å². The highest BCUT2D eigenvalue weighted by Crippen LogP contribution is 2.03. The van der Waals surface area contributed by atoms with Crippen LogP contribution in [0.1, 0.15) is 15.9 Å². The van der Waals surface area contributed by atoms with Gasteiger partial charge < -0.3 is 16.0 Å². The lowest BCUT2D eigenvalue weighted by atomic mass is 10.1. The third kappa shape index (κ3) is 4.91. The van der Waals surface area contributed by atoms with Crippen LogP contribution in [0.2, 0.25) is 0 Å². The molecule has 100 valence electrons. The molecule has 0 aromatic heterocycles. The van der Waals surface area contributed by atoms with Crippen molar-refractivity contribution in [2.45, 2.75) is 6.54 Å². The Morgan fingerprint density at radius 2 is 1.78 bits per heavy atom. The van der Waals surface area contributed by atoms with E-state index in [1.54, 1.807) is 26.2 Å². The first-order valence-corrected chi connectivity index (χ1v) is 5.40. The van der Waals surface area contributed by atoms with Gasteiger partial charge in [-0.3, -0.25) is 9.79 Å². The average molecular weight is 362 g/mol. The number of hydrogen-bond donors (Lipinski definition) is 3. The molecule has 0 spiro atoms. The Morgan fingerprint density at radius 3 is 2.22 bits per heavy atom. The zero-order chi connectivity index (χ0) is 12.7. The number of halogens is 1. The van der Waals surface area contributed by atoms with Crippen molar-refractivity contribution in [3.8, 4) is 0 Å². The van der Waals surface area contributed by atoms with Crippen molar-refractivity contribution in [2.75, 3.05) is 21.1 Å². The van der Waals surface area contributed by atoms with Crippen LogP contribution in [0.15, 0.2) is 29.3 Å². The summed E-state index contributed by atoms with van der Waals surface area (Å²) in [5.41, 5.74) is 1.75. The van der Waals surface area contributed by atoms with Crippen molar-refractivity contribution in [2.24, 2.45) is 4.99 Å². The van der Waals surface area contributed by atoms with E-state index >= 15 is 0 Å². The number of nitrogens with zero attached hydrogens (tertiary/aromatic N) is 1. The molecule has 0 aliphatic carbocycles. The molecule has 3 N–H and O–H groups in total. The quantitative estimate of drug-likeness (QED) is 0.426. The van der Waals surface area contributed by atoms with Gasteiger partial charge in [-0.1, -0.05) is 12.1 Å². The summed E-state index contributed by atoms with van der Waals surface area (Å²) in [6, 6.07) is 7.44. The average Bonchev–Trinajstić information content (AvgIpc) is 2.39. The van der Waals surface area contributed by atoms with Gasteiger partial charge in [-0.15, -0.1) is 24.0 Å².